The monoisotopic (exact) mass is 296 g/mol. The molecule has 114 valence electrons. The number of carbonyl (C=O) groups excluding carboxylic acids is 2. The third kappa shape index (κ3) is 4.55. The van der Waals surface area contributed by atoms with Gasteiger partial charge in [-0.15, -0.1) is 0 Å². The average molecular weight is 296 g/mol. The summed E-state index contributed by atoms with van der Waals surface area (Å²) < 4.78 is 13.6. The number of halogens is 1. The molecule has 0 bridgehead atoms. The summed E-state index contributed by atoms with van der Waals surface area (Å²) in [6.45, 7) is 4.03. The number of nitrogens with one attached hydrogen (secondary N) is 2. The zero-order valence-electron chi connectivity index (χ0n) is 12.0. The molecule has 3 N–H and O–H groups in total. The van der Waals surface area contributed by atoms with E-state index in [2.05, 4.69) is 10.6 Å². The first-order valence-corrected chi connectivity index (χ1v) is 6.22. The van der Waals surface area contributed by atoms with Gasteiger partial charge in [-0.25, -0.2) is 4.39 Å². The molecule has 1 aromatic rings. The largest absolute Gasteiger partial charge is 0.481 e. The molecule has 0 aliphatic heterocycles. The molecule has 0 heterocycles. The van der Waals surface area contributed by atoms with E-state index in [9.17, 15) is 18.8 Å². The summed E-state index contributed by atoms with van der Waals surface area (Å²) in [6.07, 6.45) is 0. The molecule has 0 aliphatic rings. The average Bonchev–Trinajstić information content (AvgIpc) is 2.37. The van der Waals surface area contributed by atoms with Crippen LogP contribution in [0.3, 0.4) is 0 Å². The summed E-state index contributed by atoms with van der Waals surface area (Å²) in [4.78, 5) is 33.8. The summed E-state index contributed by atoms with van der Waals surface area (Å²) in [5, 5.41) is 13.8. The van der Waals surface area contributed by atoms with Crippen LogP contribution >= 0.6 is 0 Å². The van der Waals surface area contributed by atoms with Crippen LogP contribution in [0.25, 0.3) is 0 Å². The van der Waals surface area contributed by atoms with E-state index in [-0.39, 0.29) is 23.7 Å². The molecule has 0 radical (unpaired) electrons. The summed E-state index contributed by atoms with van der Waals surface area (Å²) in [6, 6.07) is 3.58. The van der Waals surface area contributed by atoms with Crippen LogP contribution in [0.5, 0.6) is 0 Å². The normalized spacial score (nSPS) is 10.9. The Hall–Kier alpha value is -2.44. The van der Waals surface area contributed by atoms with Gasteiger partial charge in [-0.05, 0) is 32.0 Å². The van der Waals surface area contributed by atoms with Crippen molar-refractivity contribution < 1.29 is 23.9 Å². The standard InChI is InChI=1S/C14H17FN2O4/c1-8(18)17-9-4-5-11(15)10(6-9)12(19)16-7-14(2,3)13(20)21/h4-6H,7H2,1-3H3,(H,16,19)(H,17,18)(H,20,21). The van der Waals surface area contributed by atoms with Crippen LogP contribution in [0.15, 0.2) is 18.2 Å². The zero-order chi connectivity index (χ0) is 16.2. The van der Waals surface area contributed by atoms with Gasteiger partial charge in [0.25, 0.3) is 5.91 Å². The molecule has 0 aliphatic carbocycles. The quantitative estimate of drug-likeness (QED) is 0.769. The maximum Gasteiger partial charge on any atom is 0.310 e. The molecule has 0 saturated carbocycles. The lowest BCUT2D eigenvalue weighted by Gasteiger charge is -2.19. The van der Waals surface area contributed by atoms with Crippen molar-refractivity contribution in [2.24, 2.45) is 5.41 Å². The SMILES string of the molecule is CC(=O)Nc1ccc(F)c(C(=O)NCC(C)(C)C(=O)O)c1. The lowest BCUT2D eigenvalue weighted by molar-refractivity contribution is -0.146. The minimum atomic E-state index is -1.17. The minimum Gasteiger partial charge on any atom is -0.481 e. The van der Waals surface area contributed by atoms with Crippen LogP contribution in [-0.2, 0) is 9.59 Å². The van der Waals surface area contributed by atoms with Crippen molar-refractivity contribution in [1.29, 1.82) is 0 Å². The van der Waals surface area contributed by atoms with Crippen LogP contribution in [0.2, 0.25) is 0 Å². The Kier molecular flexibility index (Phi) is 5.02. The van der Waals surface area contributed by atoms with Crippen LogP contribution in [-0.4, -0.2) is 29.4 Å². The number of carboxylic acid groups (broad SMARTS) is 1. The van der Waals surface area contributed by atoms with Crippen LogP contribution in [0, 0.1) is 11.2 Å². The zero-order valence-corrected chi connectivity index (χ0v) is 12.0. The number of anilines is 1. The molecule has 0 spiro atoms. The maximum atomic E-state index is 13.6. The molecule has 1 aromatic carbocycles. The number of hydrogen-bond donors (Lipinski definition) is 3. The molecule has 21 heavy (non-hydrogen) atoms. The molecular formula is C14H17FN2O4. The lowest BCUT2D eigenvalue weighted by atomic mass is 9.94. The molecule has 0 aromatic heterocycles. The van der Waals surface area contributed by atoms with Gasteiger partial charge < -0.3 is 15.7 Å². The van der Waals surface area contributed by atoms with Gasteiger partial charge in [0.1, 0.15) is 5.82 Å². The van der Waals surface area contributed by atoms with Crippen molar-refractivity contribution in [3.63, 3.8) is 0 Å². The lowest BCUT2D eigenvalue weighted by Crippen LogP contribution is -2.39. The first kappa shape index (κ1) is 16.6. The van der Waals surface area contributed by atoms with E-state index in [1.807, 2.05) is 0 Å². The number of aliphatic carboxylic acids is 1. The maximum absolute atomic E-state index is 13.6. The van der Waals surface area contributed by atoms with Crippen molar-refractivity contribution in [2.75, 3.05) is 11.9 Å². The van der Waals surface area contributed by atoms with Crippen molar-refractivity contribution in [1.82, 2.24) is 5.32 Å². The number of carbonyl (C=O) groups is 3. The Morgan fingerprint density at radius 1 is 1.29 bits per heavy atom. The van der Waals surface area contributed by atoms with Crippen molar-refractivity contribution in [3.05, 3.63) is 29.6 Å². The second-order valence-corrected chi connectivity index (χ2v) is 5.25. The highest BCUT2D eigenvalue weighted by Crippen LogP contribution is 2.17. The number of benzene rings is 1. The third-order valence-corrected chi connectivity index (χ3v) is 2.80. The van der Waals surface area contributed by atoms with Gasteiger partial charge in [0.2, 0.25) is 5.91 Å². The third-order valence-electron chi connectivity index (χ3n) is 2.80. The van der Waals surface area contributed by atoms with E-state index in [0.29, 0.717) is 0 Å². The van der Waals surface area contributed by atoms with E-state index in [0.717, 1.165) is 6.07 Å². The Bertz CT molecular complexity index is 584. The first-order chi connectivity index (χ1) is 9.63. The Balaban J connectivity index is 2.87. The van der Waals surface area contributed by atoms with Gasteiger partial charge in [0, 0.05) is 19.2 Å². The number of amides is 2. The molecular weight excluding hydrogens is 279 g/mol. The van der Waals surface area contributed by atoms with Gasteiger partial charge in [0.15, 0.2) is 0 Å². The number of hydrogen-bond acceptors (Lipinski definition) is 3. The molecule has 0 atom stereocenters. The second kappa shape index (κ2) is 6.34. The highest BCUT2D eigenvalue weighted by Gasteiger charge is 2.28. The van der Waals surface area contributed by atoms with E-state index in [1.54, 1.807) is 0 Å². The summed E-state index contributed by atoms with van der Waals surface area (Å²) >= 11 is 0. The smallest absolute Gasteiger partial charge is 0.310 e. The summed E-state index contributed by atoms with van der Waals surface area (Å²) in [7, 11) is 0. The topological polar surface area (TPSA) is 95.5 Å². The fourth-order valence-corrected chi connectivity index (χ4v) is 1.45. The van der Waals surface area contributed by atoms with E-state index in [1.165, 1.54) is 32.9 Å². The van der Waals surface area contributed by atoms with Gasteiger partial charge >= 0.3 is 5.97 Å². The van der Waals surface area contributed by atoms with Gasteiger partial charge in [-0.3, -0.25) is 14.4 Å². The minimum absolute atomic E-state index is 0.148. The van der Waals surface area contributed by atoms with Crippen LogP contribution in [0.4, 0.5) is 10.1 Å². The van der Waals surface area contributed by atoms with Crippen LogP contribution < -0.4 is 10.6 Å². The highest BCUT2D eigenvalue weighted by atomic mass is 19.1. The molecule has 0 unspecified atom stereocenters. The van der Waals surface area contributed by atoms with Crippen LogP contribution in [0.1, 0.15) is 31.1 Å². The van der Waals surface area contributed by atoms with Crippen molar-refractivity contribution in [2.45, 2.75) is 20.8 Å². The molecule has 0 saturated heterocycles. The summed E-state index contributed by atoms with van der Waals surface area (Å²) in [5.74, 6) is -2.92. The van der Waals surface area contributed by atoms with Gasteiger partial charge in [-0.2, -0.15) is 0 Å². The predicted molar refractivity (Wildman–Crippen MR) is 74.5 cm³/mol. The van der Waals surface area contributed by atoms with E-state index < -0.39 is 23.1 Å². The molecule has 0 fully saturated rings. The van der Waals surface area contributed by atoms with Gasteiger partial charge in [0.05, 0.1) is 11.0 Å². The van der Waals surface area contributed by atoms with Crippen molar-refractivity contribution in [3.8, 4) is 0 Å². The number of carboxylic acids is 1. The number of rotatable bonds is 5. The summed E-state index contributed by atoms with van der Waals surface area (Å²) in [5.41, 5.74) is -1.14. The fourth-order valence-electron chi connectivity index (χ4n) is 1.45. The highest BCUT2D eigenvalue weighted by molar-refractivity contribution is 5.97. The first-order valence-electron chi connectivity index (χ1n) is 6.22. The molecule has 2 amide bonds. The molecule has 1 rings (SSSR count). The van der Waals surface area contributed by atoms with E-state index in [4.69, 9.17) is 5.11 Å². The van der Waals surface area contributed by atoms with Crippen molar-refractivity contribution >= 4 is 23.5 Å². The predicted octanol–water partition coefficient (Wildman–Crippen LogP) is 1.62. The van der Waals surface area contributed by atoms with Gasteiger partial charge in [-0.1, -0.05) is 0 Å². The Morgan fingerprint density at radius 2 is 1.90 bits per heavy atom. The molecule has 6 nitrogen and oxygen atoms in total. The molecule has 7 heteroatoms. The second-order valence-electron chi connectivity index (χ2n) is 5.25. The van der Waals surface area contributed by atoms with E-state index >= 15 is 0 Å². The Labute approximate surface area is 121 Å². The fraction of sp³-hybridized carbons (Fsp3) is 0.357. The Morgan fingerprint density at radius 3 is 2.43 bits per heavy atom.